The molecule has 2 aromatic rings. The number of sulfone groups is 1. The highest BCUT2D eigenvalue weighted by atomic mass is 35.5. The predicted molar refractivity (Wildman–Crippen MR) is 105 cm³/mol. The number of nitrogens with one attached hydrogen (secondary N) is 1. The molecule has 1 saturated heterocycles. The Morgan fingerprint density at radius 1 is 1.26 bits per heavy atom. The summed E-state index contributed by atoms with van der Waals surface area (Å²) in [5.41, 5.74) is 0.740. The Balaban J connectivity index is 1.86. The molecule has 0 aliphatic carbocycles. The molecule has 0 bridgehead atoms. The molecular weight excluding hydrogens is 388 g/mol. The maximum Gasteiger partial charge on any atom is 0.272 e. The SMILES string of the molecule is CS(=O)(=O)C[C@@H](NC(=O)c1nc(N2CCCC2)ncc1Cl)c1ccccc1. The van der Waals surface area contributed by atoms with Gasteiger partial charge in [-0.3, -0.25) is 4.79 Å². The lowest BCUT2D eigenvalue weighted by Gasteiger charge is -2.20. The smallest absolute Gasteiger partial charge is 0.272 e. The van der Waals surface area contributed by atoms with Crippen molar-refractivity contribution in [1.29, 1.82) is 0 Å². The molecule has 0 unspecified atom stereocenters. The van der Waals surface area contributed by atoms with Crippen molar-refractivity contribution in [2.24, 2.45) is 0 Å². The number of hydrogen-bond acceptors (Lipinski definition) is 6. The topological polar surface area (TPSA) is 92.3 Å². The molecule has 1 aromatic carbocycles. The highest BCUT2D eigenvalue weighted by Crippen LogP contribution is 2.21. The molecule has 27 heavy (non-hydrogen) atoms. The van der Waals surface area contributed by atoms with Crippen LogP contribution in [-0.2, 0) is 9.84 Å². The van der Waals surface area contributed by atoms with Gasteiger partial charge >= 0.3 is 0 Å². The fraction of sp³-hybridized carbons (Fsp3) is 0.389. The first-order valence-electron chi connectivity index (χ1n) is 8.64. The molecule has 3 rings (SSSR count). The Morgan fingerprint density at radius 3 is 2.56 bits per heavy atom. The number of amides is 1. The maximum absolute atomic E-state index is 12.8. The highest BCUT2D eigenvalue weighted by molar-refractivity contribution is 7.90. The molecule has 1 aliphatic rings. The average Bonchev–Trinajstić information content (AvgIpc) is 3.16. The zero-order valence-electron chi connectivity index (χ0n) is 14.9. The molecule has 0 saturated carbocycles. The van der Waals surface area contributed by atoms with Gasteiger partial charge in [-0.05, 0) is 18.4 Å². The summed E-state index contributed by atoms with van der Waals surface area (Å²) in [6.07, 6.45) is 4.65. The number of benzene rings is 1. The van der Waals surface area contributed by atoms with Crippen LogP contribution in [0.25, 0.3) is 0 Å². The number of halogens is 1. The molecule has 1 N–H and O–H groups in total. The van der Waals surface area contributed by atoms with E-state index in [2.05, 4.69) is 15.3 Å². The first-order chi connectivity index (χ1) is 12.8. The number of aromatic nitrogens is 2. The second-order valence-corrected chi connectivity index (χ2v) is 9.18. The van der Waals surface area contributed by atoms with Crippen LogP contribution in [0.3, 0.4) is 0 Å². The Kier molecular flexibility index (Phi) is 5.96. The van der Waals surface area contributed by atoms with Crippen molar-refractivity contribution in [2.45, 2.75) is 18.9 Å². The van der Waals surface area contributed by atoms with Crippen LogP contribution in [0.15, 0.2) is 36.5 Å². The summed E-state index contributed by atoms with van der Waals surface area (Å²) in [6, 6.07) is 8.25. The molecule has 1 atom stereocenters. The van der Waals surface area contributed by atoms with Crippen LogP contribution in [0.2, 0.25) is 5.02 Å². The highest BCUT2D eigenvalue weighted by Gasteiger charge is 2.24. The number of hydrogen-bond donors (Lipinski definition) is 1. The maximum atomic E-state index is 12.8. The van der Waals surface area contributed by atoms with Gasteiger partial charge in [0.2, 0.25) is 5.95 Å². The van der Waals surface area contributed by atoms with Crippen molar-refractivity contribution in [3.8, 4) is 0 Å². The van der Waals surface area contributed by atoms with Crippen LogP contribution in [0, 0.1) is 0 Å². The molecule has 7 nitrogen and oxygen atoms in total. The fourth-order valence-corrected chi connectivity index (χ4v) is 4.08. The van der Waals surface area contributed by atoms with Gasteiger partial charge in [-0.25, -0.2) is 18.4 Å². The van der Waals surface area contributed by atoms with E-state index in [9.17, 15) is 13.2 Å². The van der Waals surface area contributed by atoms with Crippen molar-refractivity contribution in [2.75, 3.05) is 30.0 Å². The van der Waals surface area contributed by atoms with Gasteiger partial charge in [0.15, 0.2) is 5.69 Å². The zero-order valence-corrected chi connectivity index (χ0v) is 16.5. The van der Waals surface area contributed by atoms with E-state index in [1.165, 1.54) is 6.20 Å². The third kappa shape index (κ3) is 5.17. The summed E-state index contributed by atoms with van der Waals surface area (Å²) in [5, 5.41) is 2.88. The van der Waals surface area contributed by atoms with Gasteiger partial charge in [-0.15, -0.1) is 0 Å². The summed E-state index contributed by atoms with van der Waals surface area (Å²) < 4.78 is 23.6. The van der Waals surface area contributed by atoms with Gasteiger partial charge in [-0.1, -0.05) is 41.9 Å². The Morgan fingerprint density at radius 2 is 1.93 bits per heavy atom. The molecule has 1 amide bonds. The molecule has 144 valence electrons. The lowest BCUT2D eigenvalue weighted by molar-refractivity contribution is 0.0935. The van der Waals surface area contributed by atoms with E-state index >= 15 is 0 Å². The van der Waals surface area contributed by atoms with E-state index in [1.807, 2.05) is 11.0 Å². The van der Waals surface area contributed by atoms with E-state index in [-0.39, 0.29) is 16.5 Å². The van der Waals surface area contributed by atoms with Gasteiger partial charge in [0, 0.05) is 19.3 Å². The minimum Gasteiger partial charge on any atom is -0.343 e. The second kappa shape index (κ2) is 8.22. The van der Waals surface area contributed by atoms with Crippen LogP contribution < -0.4 is 10.2 Å². The van der Waals surface area contributed by atoms with E-state index in [4.69, 9.17) is 11.6 Å². The normalized spacial score (nSPS) is 15.6. The van der Waals surface area contributed by atoms with E-state index in [1.54, 1.807) is 24.3 Å². The van der Waals surface area contributed by atoms with Gasteiger partial charge in [0.1, 0.15) is 9.84 Å². The Labute approximate surface area is 163 Å². The molecule has 1 fully saturated rings. The van der Waals surface area contributed by atoms with Crippen LogP contribution in [0.4, 0.5) is 5.95 Å². The first kappa shape index (κ1) is 19.6. The average molecular weight is 409 g/mol. The zero-order chi connectivity index (χ0) is 19.4. The van der Waals surface area contributed by atoms with Crippen molar-refractivity contribution < 1.29 is 13.2 Å². The lowest BCUT2D eigenvalue weighted by Crippen LogP contribution is -2.34. The second-order valence-electron chi connectivity index (χ2n) is 6.59. The number of carbonyl (C=O) groups excluding carboxylic acids is 1. The van der Waals surface area contributed by atoms with Crippen LogP contribution >= 0.6 is 11.6 Å². The van der Waals surface area contributed by atoms with Crippen molar-refractivity contribution >= 4 is 33.3 Å². The Hall–Kier alpha value is -2.19. The molecule has 0 radical (unpaired) electrons. The monoisotopic (exact) mass is 408 g/mol. The van der Waals surface area contributed by atoms with Gasteiger partial charge < -0.3 is 10.2 Å². The fourth-order valence-electron chi connectivity index (χ4n) is 3.02. The van der Waals surface area contributed by atoms with Gasteiger partial charge in [0.05, 0.1) is 23.0 Å². The summed E-state index contributed by atoms with van der Waals surface area (Å²) in [6.45, 7) is 1.67. The third-order valence-electron chi connectivity index (χ3n) is 4.31. The van der Waals surface area contributed by atoms with Gasteiger partial charge in [0.25, 0.3) is 5.91 Å². The standard InChI is InChI=1S/C18H21ClN4O3S/c1-27(25,26)12-15(13-7-3-2-4-8-13)21-17(24)16-14(19)11-20-18(22-16)23-9-5-6-10-23/h2-4,7-8,11,15H,5-6,9-10,12H2,1H3,(H,21,24)/t15-/m1/s1. The summed E-state index contributed by atoms with van der Waals surface area (Å²) >= 11 is 6.14. The van der Waals surface area contributed by atoms with E-state index in [0.29, 0.717) is 11.5 Å². The molecule has 9 heteroatoms. The number of anilines is 1. The van der Waals surface area contributed by atoms with Crippen molar-refractivity contribution in [3.63, 3.8) is 0 Å². The molecule has 1 aromatic heterocycles. The molecular formula is C18H21ClN4O3S. The molecule has 2 heterocycles. The van der Waals surface area contributed by atoms with E-state index in [0.717, 1.165) is 32.2 Å². The third-order valence-corrected chi connectivity index (χ3v) is 5.53. The van der Waals surface area contributed by atoms with E-state index < -0.39 is 21.8 Å². The van der Waals surface area contributed by atoms with Crippen molar-refractivity contribution in [3.05, 3.63) is 52.8 Å². The lowest BCUT2D eigenvalue weighted by atomic mass is 10.1. The van der Waals surface area contributed by atoms with Crippen LogP contribution in [-0.4, -0.2) is 49.4 Å². The summed E-state index contributed by atoms with van der Waals surface area (Å²) in [5.74, 6) is -0.286. The molecule has 0 spiro atoms. The van der Waals surface area contributed by atoms with Crippen LogP contribution in [0.5, 0.6) is 0 Å². The van der Waals surface area contributed by atoms with Gasteiger partial charge in [-0.2, -0.15) is 0 Å². The first-order valence-corrected chi connectivity index (χ1v) is 11.1. The predicted octanol–water partition coefficient (Wildman–Crippen LogP) is 2.25. The Bertz CT molecular complexity index is 915. The van der Waals surface area contributed by atoms with Crippen molar-refractivity contribution in [1.82, 2.24) is 15.3 Å². The molecule has 1 aliphatic heterocycles. The largest absolute Gasteiger partial charge is 0.343 e. The summed E-state index contributed by atoms with van der Waals surface area (Å²) in [4.78, 5) is 23.3. The minimum absolute atomic E-state index is 0.0444. The quantitative estimate of drug-likeness (QED) is 0.788. The number of rotatable bonds is 6. The number of nitrogens with zero attached hydrogens (tertiary/aromatic N) is 3. The minimum atomic E-state index is -3.32. The summed E-state index contributed by atoms with van der Waals surface area (Å²) in [7, 11) is -3.32. The number of carbonyl (C=O) groups is 1. The van der Waals surface area contributed by atoms with Crippen LogP contribution in [0.1, 0.15) is 34.9 Å².